The third-order valence-electron chi connectivity index (χ3n) is 3.84. The van der Waals surface area contributed by atoms with Gasteiger partial charge >= 0.3 is 0 Å². The van der Waals surface area contributed by atoms with Gasteiger partial charge in [-0.2, -0.15) is 4.98 Å². The number of carbonyl (C=O) groups excluding carboxylic acids is 1. The van der Waals surface area contributed by atoms with Crippen LogP contribution in [0, 0.1) is 6.92 Å². The first-order valence-electron chi connectivity index (χ1n) is 8.03. The minimum absolute atomic E-state index is 0.0857. The van der Waals surface area contributed by atoms with Crippen LogP contribution >= 0.6 is 0 Å². The molecule has 1 amide bonds. The lowest BCUT2D eigenvalue weighted by molar-refractivity contribution is 0.0744. The summed E-state index contributed by atoms with van der Waals surface area (Å²) in [5, 5.41) is 4.00. The molecule has 0 atom stereocenters. The minimum atomic E-state index is -0.0857. The molecule has 3 rings (SSSR count). The molecule has 0 N–H and O–H groups in total. The highest BCUT2D eigenvalue weighted by Crippen LogP contribution is 2.17. The van der Waals surface area contributed by atoms with Crippen molar-refractivity contribution < 1.29 is 9.32 Å². The Labute approximate surface area is 146 Å². The van der Waals surface area contributed by atoms with Crippen LogP contribution in [0.3, 0.4) is 0 Å². The Kier molecular flexibility index (Phi) is 5.04. The molecule has 0 bridgehead atoms. The van der Waals surface area contributed by atoms with Crippen LogP contribution < -0.4 is 0 Å². The van der Waals surface area contributed by atoms with Crippen molar-refractivity contribution in [3.8, 4) is 11.4 Å². The number of benzene rings is 2. The molecule has 0 unspecified atom stereocenters. The van der Waals surface area contributed by atoms with Crippen LogP contribution in [0.5, 0.6) is 0 Å². The summed E-state index contributed by atoms with van der Waals surface area (Å²) < 4.78 is 5.32. The number of amides is 1. The summed E-state index contributed by atoms with van der Waals surface area (Å²) in [6.07, 6.45) is 1.69. The molecule has 1 heterocycles. The van der Waals surface area contributed by atoms with Crippen LogP contribution in [-0.4, -0.2) is 27.5 Å². The van der Waals surface area contributed by atoms with Crippen LogP contribution in [0.4, 0.5) is 0 Å². The number of nitrogens with zero attached hydrogens (tertiary/aromatic N) is 3. The lowest BCUT2D eigenvalue weighted by Gasteiger charge is -2.20. The number of hydrogen-bond donors (Lipinski definition) is 0. The van der Waals surface area contributed by atoms with Crippen LogP contribution in [0.2, 0.25) is 0 Å². The van der Waals surface area contributed by atoms with E-state index in [1.165, 1.54) is 0 Å². The fraction of sp³-hybridized carbons (Fsp3) is 0.150. The van der Waals surface area contributed by atoms with Gasteiger partial charge in [-0.05, 0) is 18.6 Å². The Morgan fingerprint density at radius 2 is 1.88 bits per heavy atom. The van der Waals surface area contributed by atoms with Gasteiger partial charge in [0.2, 0.25) is 11.7 Å². The summed E-state index contributed by atoms with van der Waals surface area (Å²) in [6, 6.07) is 17.1. The molecule has 5 heteroatoms. The Morgan fingerprint density at radius 1 is 1.16 bits per heavy atom. The van der Waals surface area contributed by atoms with Gasteiger partial charge < -0.3 is 9.42 Å². The Morgan fingerprint density at radius 3 is 2.60 bits per heavy atom. The molecule has 5 nitrogen and oxygen atoms in total. The molecule has 1 aromatic heterocycles. The number of rotatable bonds is 6. The third-order valence-corrected chi connectivity index (χ3v) is 3.84. The maximum Gasteiger partial charge on any atom is 0.254 e. The average Bonchev–Trinajstić information content (AvgIpc) is 3.11. The van der Waals surface area contributed by atoms with Crippen molar-refractivity contribution in [2.75, 3.05) is 6.54 Å². The second-order valence-corrected chi connectivity index (χ2v) is 5.67. The fourth-order valence-electron chi connectivity index (χ4n) is 2.55. The van der Waals surface area contributed by atoms with Crippen molar-refractivity contribution in [3.63, 3.8) is 0 Å². The summed E-state index contributed by atoms with van der Waals surface area (Å²) in [5.74, 6) is 0.817. The van der Waals surface area contributed by atoms with Crippen molar-refractivity contribution in [2.45, 2.75) is 13.5 Å². The van der Waals surface area contributed by atoms with Gasteiger partial charge in [0.1, 0.15) is 6.54 Å². The molecular formula is C20H19N3O2. The quantitative estimate of drug-likeness (QED) is 0.643. The molecule has 25 heavy (non-hydrogen) atoms. The van der Waals surface area contributed by atoms with E-state index in [-0.39, 0.29) is 12.5 Å². The highest BCUT2D eigenvalue weighted by atomic mass is 16.5. The average molecular weight is 333 g/mol. The molecule has 0 saturated heterocycles. The standard InChI is InChI=1S/C20H19N3O2/c1-3-13-23(20(24)17-12-8-7-9-15(17)2)14-18-21-19(22-25-18)16-10-5-4-6-11-16/h3-12H,1,13-14H2,2H3. The highest BCUT2D eigenvalue weighted by Gasteiger charge is 2.19. The van der Waals surface area contributed by atoms with Gasteiger partial charge in [-0.15, -0.1) is 6.58 Å². The molecule has 0 aliphatic heterocycles. The molecule has 3 aromatic rings. The molecular weight excluding hydrogens is 314 g/mol. The first kappa shape index (κ1) is 16.6. The van der Waals surface area contributed by atoms with Gasteiger partial charge in [-0.3, -0.25) is 4.79 Å². The SMILES string of the molecule is C=CCN(Cc1nc(-c2ccccc2)no1)C(=O)c1ccccc1C. The highest BCUT2D eigenvalue weighted by molar-refractivity contribution is 5.95. The second-order valence-electron chi connectivity index (χ2n) is 5.67. The normalized spacial score (nSPS) is 10.4. The first-order valence-corrected chi connectivity index (χ1v) is 8.03. The molecule has 126 valence electrons. The lowest BCUT2D eigenvalue weighted by atomic mass is 10.1. The maximum atomic E-state index is 12.8. The Hall–Kier alpha value is -3.21. The number of carbonyl (C=O) groups is 1. The second kappa shape index (κ2) is 7.57. The van der Waals surface area contributed by atoms with E-state index >= 15 is 0 Å². The van der Waals surface area contributed by atoms with E-state index in [9.17, 15) is 4.79 Å². The van der Waals surface area contributed by atoms with Gasteiger partial charge in [0, 0.05) is 17.7 Å². The van der Waals surface area contributed by atoms with Gasteiger partial charge in [0.25, 0.3) is 5.91 Å². The molecule has 0 radical (unpaired) electrons. The number of hydrogen-bond acceptors (Lipinski definition) is 4. The van der Waals surface area contributed by atoms with E-state index in [1.807, 2.05) is 61.5 Å². The number of aryl methyl sites for hydroxylation is 1. The molecule has 0 saturated carbocycles. The van der Waals surface area contributed by atoms with E-state index in [0.717, 1.165) is 11.1 Å². The monoisotopic (exact) mass is 333 g/mol. The maximum absolute atomic E-state index is 12.8. The van der Waals surface area contributed by atoms with Crippen molar-refractivity contribution in [1.29, 1.82) is 0 Å². The van der Waals surface area contributed by atoms with Crippen LogP contribution in [0.1, 0.15) is 21.8 Å². The van der Waals surface area contributed by atoms with E-state index in [2.05, 4.69) is 16.7 Å². The largest absolute Gasteiger partial charge is 0.337 e. The summed E-state index contributed by atoms with van der Waals surface area (Å²) >= 11 is 0. The Balaban J connectivity index is 1.81. The van der Waals surface area contributed by atoms with Crippen LogP contribution in [0.15, 0.2) is 71.8 Å². The first-order chi connectivity index (χ1) is 12.2. The van der Waals surface area contributed by atoms with E-state index in [1.54, 1.807) is 11.0 Å². The van der Waals surface area contributed by atoms with Crippen LogP contribution in [0.25, 0.3) is 11.4 Å². The van der Waals surface area contributed by atoms with Crippen LogP contribution in [-0.2, 0) is 6.54 Å². The van der Waals surface area contributed by atoms with Crippen molar-refractivity contribution in [3.05, 3.63) is 84.3 Å². The van der Waals surface area contributed by atoms with Gasteiger partial charge in [-0.25, -0.2) is 0 Å². The molecule has 0 fully saturated rings. The zero-order valence-electron chi connectivity index (χ0n) is 14.1. The summed E-state index contributed by atoms with van der Waals surface area (Å²) in [5.41, 5.74) is 2.46. The van der Waals surface area contributed by atoms with E-state index in [4.69, 9.17) is 4.52 Å². The number of aromatic nitrogens is 2. The van der Waals surface area contributed by atoms with Gasteiger partial charge in [0.15, 0.2) is 0 Å². The summed E-state index contributed by atoms with van der Waals surface area (Å²) in [6.45, 7) is 6.28. The zero-order valence-corrected chi connectivity index (χ0v) is 14.1. The predicted molar refractivity (Wildman–Crippen MR) is 95.9 cm³/mol. The van der Waals surface area contributed by atoms with E-state index in [0.29, 0.717) is 23.8 Å². The fourth-order valence-corrected chi connectivity index (χ4v) is 2.55. The molecule has 0 aliphatic rings. The zero-order chi connectivity index (χ0) is 17.6. The van der Waals surface area contributed by atoms with Gasteiger partial charge in [0.05, 0.1) is 0 Å². The topological polar surface area (TPSA) is 59.2 Å². The lowest BCUT2D eigenvalue weighted by Crippen LogP contribution is -2.31. The molecule has 0 spiro atoms. The smallest absolute Gasteiger partial charge is 0.254 e. The van der Waals surface area contributed by atoms with E-state index < -0.39 is 0 Å². The molecule has 2 aromatic carbocycles. The van der Waals surface area contributed by atoms with Crippen molar-refractivity contribution in [1.82, 2.24) is 15.0 Å². The minimum Gasteiger partial charge on any atom is -0.337 e. The van der Waals surface area contributed by atoms with Crippen molar-refractivity contribution >= 4 is 5.91 Å². The summed E-state index contributed by atoms with van der Waals surface area (Å²) in [7, 11) is 0. The Bertz CT molecular complexity index is 871. The third kappa shape index (κ3) is 3.83. The summed E-state index contributed by atoms with van der Waals surface area (Å²) in [4.78, 5) is 18.9. The van der Waals surface area contributed by atoms with Gasteiger partial charge in [-0.1, -0.05) is 59.8 Å². The predicted octanol–water partition coefficient (Wildman–Crippen LogP) is 3.87. The van der Waals surface area contributed by atoms with Crippen molar-refractivity contribution in [2.24, 2.45) is 0 Å². The molecule has 0 aliphatic carbocycles.